The van der Waals surface area contributed by atoms with E-state index in [2.05, 4.69) is 18.3 Å². The Hall–Kier alpha value is -1.38. The maximum Gasteiger partial charge on any atom is 0.149 e. The van der Waals surface area contributed by atoms with Crippen LogP contribution in [0.2, 0.25) is 0 Å². The second-order valence-corrected chi connectivity index (χ2v) is 8.09. The first kappa shape index (κ1) is 13.1. The first-order chi connectivity index (χ1) is 10.7. The summed E-state index contributed by atoms with van der Waals surface area (Å²) in [5.74, 6) is 3.01. The van der Waals surface area contributed by atoms with Gasteiger partial charge in [-0.05, 0) is 67.9 Å². The number of benzene rings is 1. The molecule has 2 saturated carbocycles. The Morgan fingerprint density at radius 1 is 1.36 bits per heavy atom. The lowest BCUT2D eigenvalue weighted by atomic mass is 9.61. The molecule has 3 heteroatoms. The summed E-state index contributed by atoms with van der Waals surface area (Å²) in [7, 11) is 0. The van der Waals surface area contributed by atoms with E-state index < -0.39 is 0 Å². The minimum atomic E-state index is 0.261. The summed E-state index contributed by atoms with van der Waals surface area (Å²) in [6.07, 6.45) is 9.29. The lowest BCUT2D eigenvalue weighted by Crippen LogP contribution is -2.37. The average Bonchev–Trinajstić information content (AvgIpc) is 2.83. The highest BCUT2D eigenvalue weighted by Gasteiger charge is 2.53. The van der Waals surface area contributed by atoms with E-state index in [0.717, 1.165) is 29.7 Å². The van der Waals surface area contributed by atoms with Crippen LogP contribution < -0.4 is 10.1 Å². The summed E-state index contributed by atoms with van der Waals surface area (Å²) >= 11 is 0. The van der Waals surface area contributed by atoms with Gasteiger partial charge in [0.2, 0.25) is 0 Å². The molecule has 2 N–H and O–H groups in total. The third-order valence-electron chi connectivity index (χ3n) is 6.74. The van der Waals surface area contributed by atoms with Gasteiger partial charge in [0.05, 0.1) is 6.04 Å². The van der Waals surface area contributed by atoms with E-state index in [4.69, 9.17) is 4.74 Å². The zero-order chi connectivity index (χ0) is 14.9. The van der Waals surface area contributed by atoms with Gasteiger partial charge in [0.1, 0.15) is 23.8 Å². The van der Waals surface area contributed by atoms with Crippen LogP contribution in [-0.2, 0) is 11.8 Å². The molecule has 0 amide bonds. The molecule has 5 rings (SSSR count). The predicted octanol–water partition coefficient (Wildman–Crippen LogP) is 3.98. The third kappa shape index (κ3) is 1.57. The summed E-state index contributed by atoms with van der Waals surface area (Å²) in [4.78, 5) is 0. The molecule has 3 unspecified atom stereocenters. The molecule has 1 aromatic rings. The van der Waals surface area contributed by atoms with Crippen molar-refractivity contribution >= 4 is 5.69 Å². The monoisotopic (exact) mass is 299 g/mol. The van der Waals surface area contributed by atoms with Crippen LogP contribution in [0, 0.1) is 11.8 Å². The zero-order valence-corrected chi connectivity index (χ0v) is 13.3. The van der Waals surface area contributed by atoms with Gasteiger partial charge in [-0.3, -0.25) is 0 Å². The lowest BCUT2D eigenvalue weighted by Gasteiger charge is -2.44. The first-order valence-corrected chi connectivity index (χ1v) is 8.96. The number of fused-ring (bicyclic) bond motifs is 4. The molecule has 1 heterocycles. The summed E-state index contributed by atoms with van der Waals surface area (Å²) in [6, 6.07) is 2.35. The average molecular weight is 299 g/mol. The van der Waals surface area contributed by atoms with E-state index in [0.29, 0.717) is 17.8 Å². The molecule has 4 atom stereocenters. The second-order valence-electron chi connectivity index (χ2n) is 8.09. The number of nitrogens with one attached hydrogen (secondary N) is 1. The molecule has 3 nitrogen and oxygen atoms in total. The molecule has 1 aromatic carbocycles. The van der Waals surface area contributed by atoms with Crippen LogP contribution in [-0.4, -0.2) is 17.8 Å². The number of phenolic OH excluding ortho intramolecular Hbond substituents is 1. The highest BCUT2D eigenvalue weighted by atomic mass is 16.5. The Balaban J connectivity index is 1.71. The van der Waals surface area contributed by atoms with Gasteiger partial charge < -0.3 is 15.2 Å². The molecule has 1 spiro atoms. The normalized spacial score (nSPS) is 38.3. The molecule has 0 saturated heterocycles. The summed E-state index contributed by atoms with van der Waals surface area (Å²) in [6.45, 7) is 2.80. The number of aromatic hydroxyl groups is 1. The highest BCUT2D eigenvalue weighted by molar-refractivity contribution is 5.73. The minimum absolute atomic E-state index is 0.261. The lowest BCUT2D eigenvalue weighted by molar-refractivity contribution is 0.213. The number of rotatable bonds is 0. The quantitative estimate of drug-likeness (QED) is 0.712. The molecular weight excluding hydrogens is 274 g/mol. The van der Waals surface area contributed by atoms with E-state index in [1.165, 1.54) is 49.7 Å². The van der Waals surface area contributed by atoms with Crippen molar-refractivity contribution in [2.45, 2.75) is 63.3 Å². The SMILES string of the molecule is CC1COc2c3c(cc(O)c2N1)[C@]12CCCCC1CC(C3)C2. The van der Waals surface area contributed by atoms with Crippen LogP contribution >= 0.6 is 0 Å². The number of phenols is 1. The zero-order valence-electron chi connectivity index (χ0n) is 13.3. The molecule has 3 aliphatic carbocycles. The van der Waals surface area contributed by atoms with Gasteiger partial charge in [-0.25, -0.2) is 0 Å². The molecule has 2 fully saturated rings. The van der Waals surface area contributed by atoms with Crippen LogP contribution in [0.25, 0.3) is 0 Å². The molecule has 2 bridgehead atoms. The topological polar surface area (TPSA) is 41.5 Å². The van der Waals surface area contributed by atoms with E-state index in [1.807, 2.05) is 0 Å². The molecule has 1 aliphatic heterocycles. The van der Waals surface area contributed by atoms with E-state index in [-0.39, 0.29) is 6.04 Å². The smallest absolute Gasteiger partial charge is 0.149 e. The highest BCUT2D eigenvalue weighted by Crippen LogP contribution is 2.62. The maximum absolute atomic E-state index is 10.6. The Morgan fingerprint density at radius 3 is 3.18 bits per heavy atom. The van der Waals surface area contributed by atoms with Crippen molar-refractivity contribution in [2.24, 2.45) is 11.8 Å². The molecule has 4 aliphatic rings. The van der Waals surface area contributed by atoms with E-state index in [1.54, 1.807) is 0 Å². The van der Waals surface area contributed by atoms with Gasteiger partial charge in [-0.1, -0.05) is 12.8 Å². The largest absolute Gasteiger partial charge is 0.506 e. The van der Waals surface area contributed by atoms with E-state index >= 15 is 0 Å². The summed E-state index contributed by atoms with van der Waals surface area (Å²) in [5.41, 5.74) is 4.02. The fourth-order valence-corrected chi connectivity index (χ4v) is 5.96. The standard InChI is InChI=1S/C19H25NO2/c1-11-10-22-18-14-7-12-6-13-4-2-3-5-19(13,9-12)15(14)8-16(21)17(18)20-11/h8,11-13,20-21H,2-7,9-10H2,1H3/t11?,12?,13?,19-/m0/s1. The van der Waals surface area contributed by atoms with Crippen molar-refractivity contribution < 1.29 is 9.84 Å². The maximum atomic E-state index is 10.6. The van der Waals surface area contributed by atoms with Crippen molar-refractivity contribution in [1.82, 2.24) is 0 Å². The van der Waals surface area contributed by atoms with Crippen molar-refractivity contribution in [3.05, 3.63) is 17.2 Å². The van der Waals surface area contributed by atoms with Gasteiger partial charge in [0.15, 0.2) is 0 Å². The van der Waals surface area contributed by atoms with Crippen LogP contribution in [0.3, 0.4) is 0 Å². The van der Waals surface area contributed by atoms with Crippen molar-refractivity contribution in [1.29, 1.82) is 0 Å². The van der Waals surface area contributed by atoms with Crippen LogP contribution in [0.4, 0.5) is 5.69 Å². The number of hydrogen-bond acceptors (Lipinski definition) is 3. The van der Waals surface area contributed by atoms with E-state index in [9.17, 15) is 5.11 Å². The van der Waals surface area contributed by atoms with Gasteiger partial charge in [-0.2, -0.15) is 0 Å². The van der Waals surface area contributed by atoms with Crippen molar-refractivity contribution in [3.63, 3.8) is 0 Å². The number of hydrogen-bond donors (Lipinski definition) is 2. The van der Waals surface area contributed by atoms with Gasteiger partial charge in [0.25, 0.3) is 0 Å². The number of anilines is 1. The molecular formula is C19H25NO2. The van der Waals surface area contributed by atoms with Crippen LogP contribution in [0.1, 0.15) is 56.6 Å². The van der Waals surface area contributed by atoms with Gasteiger partial charge in [-0.15, -0.1) is 0 Å². The van der Waals surface area contributed by atoms with Crippen LogP contribution in [0.5, 0.6) is 11.5 Å². The van der Waals surface area contributed by atoms with Crippen molar-refractivity contribution in [3.8, 4) is 11.5 Å². The Labute approximate surface area is 132 Å². The summed E-state index contributed by atoms with van der Waals surface area (Å²) in [5, 5.41) is 14.0. The van der Waals surface area contributed by atoms with Gasteiger partial charge in [0, 0.05) is 5.56 Å². The Morgan fingerprint density at radius 2 is 2.27 bits per heavy atom. The minimum Gasteiger partial charge on any atom is -0.506 e. The number of ether oxygens (including phenoxy) is 1. The summed E-state index contributed by atoms with van der Waals surface area (Å²) < 4.78 is 6.09. The van der Waals surface area contributed by atoms with Gasteiger partial charge >= 0.3 is 0 Å². The molecule has 0 radical (unpaired) electrons. The first-order valence-electron chi connectivity index (χ1n) is 8.96. The fraction of sp³-hybridized carbons (Fsp3) is 0.684. The van der Waals surface area contributed by atoms with Crippen molar-refractivity contribution in [2.75, 3.05) is 11.9 Å². The second kappa shape index (κ2) is 4.33. The molecule has 0 aromatic heterocycles. The predicted molar refractivity (Wildman–Crippen MR) is 86.8 cm³/mol. The Bertz CT molecular complexity index is 641. The van der Waals surface area contributed by atoms with Crippen LogP contribution in [0.15, 0.2) is 6.07 Å². The molecule has 118 valence electrons. The third-order valence-corrected chi connectivity index (χ3v) is 6.74. The fourth-order valence-electron chi connectivity index (χ4n) is 5.96. The Kier molecular flexibility index (Phi) is 2.58. The molecule has 22 heavy (non-hydrogen) atoms.